The van der Waals surface area contributed by atoms with Crippen molar-refractivity contribution in [2.45, 2.75) is 51.5 Å². The van der Waals surface area contributed by atoms with Crippen LogP contribution < -0.4 is 10.6 Å². The first-order valence-electron chi connectivity index (χ1n) is 10.5. The van der Waals surface area contributed by atoms with Gasteiger partial charge in [0, 0.05) is 37.7 Å². The third-order valence-corrected chi connectivity index (χ3v) is 6.84. The Balaban J connectivity index is 1.28. The lowest BCUT2D eigenvalue weighted by molar-refractivity contribution is -0.124. The van der Waals surface area contributed by atoms with Crippen LogP contribution in [-0.2, 0) is 11.3 Å². The molecule has 0 bridgehead atoms. The van der Waals surface area contributed by atoms with Gasteiger partial charge >= 0.3 is 0 Å². The van der Waals surface area contributed by atoms with Crippen molar-refractivity contribution < 1.29 is 9.59 Å². The zero-order chi connectivity index (χ0) is 18.7. The number of likely N-dealkylation sites (tertiary alicyclic amines) is 1. The summed E-state index contributed by atoms with van der Waals surface area (Å²) in [6.45, 7) is 4.49. The van der Waals surface area contributed by atoms with Crippen LogP contribution in [0.3, 0.4) is 0 Å². The molecule has 3 fully saturated rings. The van der Waals surface area contributed by atoms with Gasteiger partial charge in [0.05, 0.1) is 0 Å². The minimum atomic E-state index is 0.136. The van der Waals surface area contributed by atoms with Crippen LogP contribution in [0.2, 0.25) is 0 Å². The van der Waals surface area contributed by atoms with E-state index in [1.54, 1.807) is 0 Å². The van der Waals surface area contributed by atoms with Crippen molar-refractivity contribution in [3.63, 3.8) is 0 Å². The standard InChI is InChI=1S/C22H31N3O2/c26-20(18-3-1-2-4-18)24-15-17-5-7-19(8-6-17)21(27)25-13-10-22(11-14-25)9-12-23-16-22/h5-8,18,23H,1-4,9-16H2,(H,24,26). The first kappa shape index (κ1) is 18.5. The molecule has 5 nitrogen and oxygen atoms in total. The van der Waals surface area contributed by atoms with E-state index in [0.717, 1.165) is 63.0 Å². The van der Waals surface area contributed by atoms with Crippen LogP contribution in [0.25, 0.3) is 0 Å². The molecule has 2 aliphatic heterocycles. The summed E-state index contributed by atoms with van der Waals surface area (Å²) in [6.07, 6.45) is 7.84. The van der Waals surface area contributed by atoms with E-state index in [9.17, 15) is 9.59 Å². The molecule has 2 amide bonds. The second kappa shape index (κ2) is 8.01. The van der Waals surface area contributed by atoms with E-state index < -0.39 is 0 Å². The van der Waals surface area contributed by atoms with E-state index in [1.807, 2.05) is 29.2 Å². The highest BCUT2D eigenvalue weighted by atomic mass is 16.2. The molecule has 27 heavy (non-hydrogen) atoms. The van der Waals surface area contributed by atoms with Crippen molar-refractivity contribution in [2.75, 3.05) is 26.2 Å². The Bertz CT molecular complexity index is 663. The SMILES string of the molecule is O=C(NCc1ccc(C(=O)N2CCC3(CCNC3)CC2)cc1)C1CCCC1. The Morgan fingerprint density at radius 2 is 1.78 bits per heavy atom. The van der Waals surface area contributed by atoms with Gasteiger partial charge in [-0.25, -0.2) is 0 Å². The van der Waals surface area contributed by atoms with Crippen molar-refractivity contribution in [2.24, 2.45) is 11.3 Å². The van der Waals surface area contributed by atoms with Gasteiger partial charge in [0.2, 0.25) is 5.91 Å². The maximum absolute atomic E-state index is 12.8. The monoisotopic (exact) mass is 369 g/mol. The molecule has 2 N–H and O–H groups in total. The largest absolute Gasteiger partial charge is 0.352 e. The van der Waals surface area contributed by atoms with E-state index >= 15 is 0 Å². The van der Waals surface area contributed by atoms with Crippen molar-refractivity contribution in [3.05, 3.63) is 35.4 Å². The molecule has 2 heterocycles. The molecule has 0 atom stereocenters. The van der Waals surface area contributed by atoms with Gasteiger partial charge in [0.1, 0.15) is 0 Å². The Kier molecular flexibility index (Phi) is 5.48. The summed E-state index contributed by atoms with van der Waals surface area (Å²) in [7, 11) is 0. The number of amides is 2. The van der Waals surface area contributed by atoms with Crippen LogP contribution in [0.15, 0.2) is 24.3 Å². The normalized spacial score (nSPS) is 22.3. The number of hydrogen-bond acceptors (Lipinski definition) is 3. The summed E-state index contributed by atoms with van der Waals surface area (Å²) in [5.41, 5.74) is 2.23. The van der Waals surface area contributed by atoms with Crippen molar-refractivity contribution in [3.8, 4) is 0 Å². The van der Waals surface area contributed by atoms with Gasteiger partial charge in [-0.1, -0.05) is 25.0 Å². The van der Waals surface area contributed by atoms with Gasteiger partial charge in [0.25, 0.3) is 5.91 Å². The summed E-state index contributed by atoms with van der Waals surface area (Å²) >= 11 is 0. The summed E-state index contributed by atoms with van der Waals surface area (Å²) in [4.78, 5) is 26.9. The smallest absolute Gasteiger partial charge is 0.253 e. The molecule has 1 spiro atoms. The fourth-order valence-corrected chi connectivity index (χ4v) is 4.88. The van der Waals surface area contributed by atoms with Crippen molar-refractivity contribution in [1.82, 2.24) is 15.5 Å². The quantitative estimate of drug-likeness (QED) is 0.858. The molecule has 1 saturated carbocycles. The van der Waals surface area contributed by atoms with E-state index in [2.05, 4.69) is 10.6 Å². The minimum Gasteiger partial charge on any atom is -0.352 e. The number of nitrogens with zero attached hydrogens (tertiary/aromatic N) is 1. The number of rotatable bonds is 4. The molecule has 146 valence electrons. The number of benzene rings is 1. The maximum Gasteiger partial charge on any atom is 0.253 e. The third-order valence-electron chi connectivity index (χ3n) is 6.84. The summed E-state index contributed by atoms with van der Waals surface area (Å²) < 4.78 is 0. The van der Waals surface area contributed by atoms with Gasteiger partial charge in [-0.05, 0) is 61.8 Å². The fourth-order valence-electron chi connectivity index (χ4n) is 4.88. The van der Waals surface area contributed by atoms with Crippen LogP contribution in [-0.4, -0.2) is 42.9 Å². The molecule has 1 aromatic rings. The van der Waals surface area contributed by atoms with E-state index in [0.29, 0.717) is 12.0 Å². The molecule has 4 rings (SSSR count). The third kappa shape index (κ3) is 4.18. The number of piperidine rings is 1. The number of carbonyl (C=O) groups excluding carboxylic acids is 2. The molecule has 1 aliphatic carbocycles. The predicted molar refractivity (Wildman–Crippen MR) is 105 cm³/mol. The lowest BCUT2D eigenvalue weighted by Crippen LogP contribution is -2.44. The Morgan fingerprint density at radius 1 is 1.07 bits per heavy atom. The predicted octanol–water partition coefficient (Wildman–Crippen LogP) is 2.71. The number of hydrogen-bond donors (Lipinski definition) is 2. The Morgan fingerprint density at radius 3 is 2.41 bits per heavy atom. The molecule has 0 aromatic heterocycles. The van der Waals surface area contributed by atoms with Crippen LogP contribution in [0.5, 0.6) is 0 Å². The Labute approximate surface area is 161 Å². The van der Waals surface area contributed by atoms with Crippen LogP contribution in [0.4, 0.5) is 0 Å². The average Bonchev–Trinajstić information content (AvgIpc) is 3.39. The second-order valence-electron chi connectivity index (χ2n) is 8.62. The average molecular weight is 370 g/mol. The van der Waals surface area contributed by atoms with E-state index in [4.69, 9.17) is 0 Å². The fraction of sp³-hybridized carbons (Fsp3) is 0.636. The molecule has 0 radical (unpaired) electrons. The highest BCUT2D eigenvalue weighted by Crippen LogP contribution is 2.37. The van der Waals surface area contributed by atoms with Gasteiger partial charge in [0.15, 0.2) is 0 Å². The highest BCUT2D eigenvalue weighted by Gasteiger charge is 2.38. The summed E-state index contributed by atoms with van der Waals surface area (Å²) in [5.74, 6) is 0.511. The van der Waals surface area contributed by atoms with E-state index in [1.165, 1.54) is 19.3 Å². The van der Waals surface area contributed by atoms with Gasteiger partial charge in [-0.2, -0.15) is 0 Å². The van der Waals surface area contributed by atoms with Crippen LogP contribution in [0.1, 0.15) is 60.9 Å². The summed E-state index contributed by atoms with van der Waals surface area (Å²) in [6, 6.07) is 7.74. The highest BCUT2D eigenvalue weighted by molar-refractivity contribution is 5.94. The molecule has 2 saturated heterocycles. The molecule has 1 aromatic carbocycles. The Hall–Kier alpha value is -1.88. The van der Waals surface area contributed by atoms with Crippen molar-refractivity contribution >= 4 is 11.8 Å². The first-order chi connectivity index (χ1) is 13.2. The maximum atomic E-state index is 12.8. The van der Waals surface area contributed by atoms with Gasteiger partial charge in [-0.3, -0.25) is 9.59 Å². The lowest BCUT2D eigenvalue weighted by atomic mass is 9.78. The van der Waals surface area contributed by atoms with E-state index in [-0.39, 0.29) is 17.7 Å². The topological polar surface area (TPSA) is 61.4 Å². The molecule has 3 aliphatic rings. The van der Waals surface area contributed by atoms with Crippen LogP contribution in [0, 0.1) is 11.3 Å². The first-order valence-corrected chi connectivity index (χ1v) is 10.5. The zero-order valence-electron chi connectivity index (χ0n) is 16.1. The summed E-state index contributed by atoms with van der Waals surface area (Å²) in [5, 5.41) is 6.51. The molecular weight excluding hydrogens is 338 g/mol. The number of nitrogens with one attached hydrogen (secondary N) is 2. The van der Waals surface area contributed by atoms with Gasteiger partial charge < -0.3 is 15.5 Å². The lowest BCUT2D eigenvalue weighted by Gasteiger charge is -2.38. The molecular formula is C22H31N3O2. The second-order valence-corrected chi connectivity index (χ2v) is 8.62. The minimum absolute atomic E-state index is 0.136. The number of carbonyl (C=O) groups is 2. The van der Waals surface area contributed by atoms with Gasteiger partial charge in [-0.15, -0.1) is 0 Å². The van der Waals surface area contributed by atoms with Crippen molar-refractivity contribution in [1.29, 1.82) is 0 Å². The zero-order valence-corrected chi connectivity index (χ0v) is 16.1. The molecule has 5 heteroatoms. The molecule has 0 unspecified atom stereocenters. The van der Waals surface area contributed by atoms with Crippen LogP contribution >= 0.6 is 0 Å².